The molecule has 196 valence electrons. The number of fused-ring (bicyclic) bond motifs is 1. The lowest BCUT2D eigenvalue weighted by Crippen LogP contribution is -2.30. The Bertz CT molecular complexity index is 1810. The molecule has 39 heavy (non-hydrogen) atoms. The quantitative estimate of drug-likeness (QED) is 0.207. The molecule has 0 aliphatic heterocycles. The van der Waals surface area contributed by atoms with Gasteiger partial charge in [-0.15, -0.1) is 0 Å². The van der Waals surface area contributed by atoms with Crippen molar-refractivity contribution in [2.45, 2.75) is 25.2 Å². The number of hydrogen-bond acceptors (Lipinski definition) is 3. The van der Waals surface area contributed by atoms with Gasteiger partial charge in [-0.05, 0) is 72.5 Å². The number of aromatic nitrogens is 1. The van der Waals surface area contributed by atoms with Crippen LogP contribution in [-0.2, 0) is 16.4 Å². The lowest BCUT2D eigenvalue weighted by atomic mass is 9.99. The summed E-state index contributed by atoms with van der Waals surface area (Å²) in [7, 11) is -3.99. The molecule has 5 aromatic rings. The van der Waals surface area contributed by atoms with Crippen molar-refractivity contribution in [3.63, 3.8) is 0 Å². The molecule has 0 aliphatic carbocycles. The first-order valence-corrected chi connectivity index (χ1v) is 14.3. The second-order valence-electron chi connectivity index (χ2n) is 9.51. The molecule has 0 bridgehead atoms. The second kappa shape index (κ2) is 10.9. The summed E-state index contributed by atoms with van der Waals surface area (Å²) in [5, 5.41) is 1.49. The Kier molecular flexibility index (Phi) is 7.42. The fraction of sp³-hybridized carbons (Fsp3) is 0.0938. The summed E-state index contributed by atoms with van der Waals surface area (Å²) in [5.74, 6) is -0.685. The van der Waals surface area contributed by atoms with E-state index in [-0.39, 0.29) is 10.5 Å². The topological polar surface area (TPSA) is 79.0 Å². The van der Waals surface area contributed by atoms with Crippen molar-refractivity contribution in [1.29, 1.82) is 0 Å². The van der Waals surface area contributed by atoms with Crippen LogP contribution in [0.1, 0.15) is 43.9 Å². The van der Waals surface area contributed by atoms with Crippen LogP contribution in [0.3, 0.4) is 0 Å². The van der Waals surface area contributed by atoms with E-state index in [0.29, 0.717) is 11.4 Å². The fourth-order valence-corrected chi connectivity index (χ4v) is 5.70. The minimum atomic E-state index is -3.99. The van der Waals surface area contributed by atoms with E-state index in [1.165, 1.54) is 12.1 Å². The van der Waals surface area contributed by atoms with Crippen LogP contribution >= 0.6 is 11.6 Å². The third-order valence-corrected chi connectivity index (χ3v) is 8.35. The van der Waals surface area contributed by atoms with Crippen LogP contribution in [0, 0.1) is 13.8 Å². The van der Waals surface area contributed by atoms with E-state index in [1.807, 2.05) is 74.5 Å². The molecule has 0 unspecified atom stereocenters. The van der Waals surface area contributed by atoms with Gasteiger partial charge in [0, 0.05) is 33.6 Å². The van der Waals surface area contributed by atoms with Crippen molar-refractivity contribution < 1.29 is 13.2 Å². The van der Waals surface area contributed by atoms with E-state index >= 15 is 0 Å². The zero-order valence-electron chi connectivity index (χ0n) is 21.5. The number of H-pyrrole nitrogens is 1. The lowest BCUT2D eigenvalue weighted by Gasteiger charge is -2.09. The highest BCUT2D eigenvalue weighted by atomic mass is 35.5. The van der Waals surface area contributed by atoms with Gasteiger partial charge in [0.2, 0.25) is 0 Å². The van der Waals surface area contributed by atoms with Crippen LogP contribution in [0.2, 0.25) is 5.02 Å². The zero-order chi connectivity index (χ0) is 27.6. The highest BCUT2D eigenvalue weighted by Crippen LogP contribution is 2.29. The Labute approximate surface area is 233 Å². The van der Waals surface area contributed by atoms with E-state index in [9.17, 15) is 13.2 Å². The Morgan fingerprint density at radius 2 is 1.59 bits per heavy atom. The molecule has 0 aliphatic rings. The summed E-state index contributed by atoms with van der Waals surface area (Å²) in [6.07, 6.45) is 4.62. The number of halogens is 1. The first-order chi connectivity index (χ1) is 18.7. The Morgan fingerprint density at radius 1 is 0.872 bits per heavy atom. The molecular formula is C32H27ClN2O3S. The number of carbonyl (C=O) groups is 1. The van der Waals surface area contributed by atoms with Gasteiger partial charge in [0.25, 0.3) is 15.9 Å². The third kappa shape index (κ3) is 5.98. The smallest absolute Gasteiger partial charge is 0.265 e. The van der Waals surface area contributed by atoms with E-state index < -0.39 is 15.9 Å². The van der Waals surface area contributed by atoms with E-state index in [4.69, 9.17) is 11.6 Å². The maximum atomic E-state index is 12.9. The van der Waals surface area contributed by atoms with Gasteiger partial charge in [-0.3, -0.25) is 4.79 Å². The molecule has 0 atom stereocenters. The van der Waals surface area contributed by atoms with Crippen molar-refractivity contribution >= 4 is 50.6 Å². The van der Waals surface area contributed by atoms with Crippen molar-refractivity contribution in [1.82, 2.24) is 9.71 Å². The van der Waals surface area contributed by atoms with Gasteiger partial charge >= 0.3 is 0 Å². The monoisotopic (exact) mass is 554 g/mol. The van der Waals surface area contributed by atoms with Crippen molar-refractivity contribution in [3.05, 3.63) is 135 Å². The summed E-state index contributed by atoms with van der Waals surface area (Å²) >= 11 is 6.68. The van der Waals surface area contributed by atoms with Crippen LogP contribution in [0.15, 0.2) is 95.9 Å². The molecule has 5 rings (SSSR count). The summed E-state index contributed by atoms with van der Waals surface area (Å²) < 4.78 is 27.7. The molecular weight excluding hydrogens is 528 g/mol. The summed E-state index contributed by atoms with van der Waals surface area (Å²) in [5.41, 5.74) is 7.06. The molecule has 1 heterocycles. The minimum absolute atomic E-state index is 0.0393. The number of aryl methyl sites for hydroxylation is 2. The molecule has 7 heteroatoms. The van der Waals surface area contributed by atoms with E-state index in [2.05, 4.69) is 9.71 Å². The number of hydrogen-bond donors (Lipinski definition) is 2. The number of amides is 1. The maximum Gasteiger partial charge on any atom is 0.265 e. The standard InChI is InChI=1S/C32H27ClN2O3S/c1-21-8-15-27(16-9-21)39(37,38)35-32(36)26-14-17-31-29(20-26)28(22(2)34-31)19-25-13-12-24(18-30(25)33)11-10-23-6-4-3-5-7-23/h3-18,20,34H,19H2,1-2H3,(H,35,36). The number of benzene rings is 4. The van der Waals surface area contributed by atoms with Gasteiger partial charge in [-0.25, -0.2) is 13.1 Å². The highest BCUT2D eigenvalue weighted by Gasteiger charge is 2.20. The molecule has 1 amide bonds. The van der Waals surface area contributed by atoms with Crippen LogP contribution in [0.5, 0.6) is 0 Å². The number of nitrogens with one attached hydrogen (secondary N) is 2. The van der Waals surface area contributed by atoms with Crippen molar-refractivity contribution in [2.24, 2.45) is 0 Å². The first-order valence-electron chi connectivity index (χ1n) is 12.5. The van der Waals surface area contributed by atoms with Gasteiger partial charge in [0.1, 0.15) is 0 Å². The maximum absolute atomic E-state index is 12.9. The molecule has 4 aromatic carbocycles. The Hall–Kier alpha value is -4.13. The molecule has 0 spiro atoms. The third-order valence-electron chi connectivity index (χ3n) is 6.65. The summed E-state index contributed by atoms with van der Waals surface area (Å²) in [4.78, 5) is 16.3. The number of sulfonamides is 1. The Morgan fingerprint density at radius 3 is 2.31 bits per heavy atom. The Balaban J connectivity index is 1.39. The van der Waals surface area contributed by atoms with Crippen LogP contribution in [0.25, 0.3) is 23.1 Å². The molecule has 0 saturated heterocycles. The van der Waals surface area contributed by atoms with Crippen LogP contribution in [-0.4, -0.2) is 19.3 Å². The average molecular weight is 555 g/mol. The zero-order valence-corrected chi connectivity index (χ0v) is 23.1. The number of carbonyl (C=O) groups excluding carboxylic acids is 1. The van der Waals surface area contributed by atoms with Crippen LogP contribution in [0.4, 0.5) is 0 Å². The lowest BCUT2D eigenvalue weighted by molar-refractivity contribution is 0.0981. The average Bonchev–Trinajstić information content (AvgIpc) is 3.23. The molecule has 0 saturated carbocycles. The van der Waals surface area contributed by atoms with E-state index in [1.54, 1.807) is 30.3 Å². The number of aromatic amines is 1. The number of rotatable bonds is 7. The van der Waals surface area contributed by atoms with Crippen molar-refractivity contribution in [3.8, 4) is 0 Å². The van der Waals surface area contributed by atoms with Gasteiger partial charge in [-0.1, -0.05) is 83.9 Å². The molecule has 5 nitrogen and oxygen atoms in total. The van der Waals surface area contributed by atoms with E-state index in [0.717, 1.165) is 44.4 Å². The summed E-state index contributed by atoms with van der Waals surface area (Å²) in [6, 6.07) is 27.5. The SMILES string of the molecule is Cc1ccc(S(=O)(=O)NC(=O)c2ccc3[nH]c(C)c(Cc4ccc(C=Cc5ccccc5)cc4Cl)c3c2)cc1. The van der Waals surface area contributed by atoms with Gasteiger partial charge in [0.15, 0.2) is 0 Å². The largest absolute Gasteiger partial charge is 0.358 e. The molecule has 0 fully saturated rings. The van der Waals surface area contributed by atoms with Gasteiger partial charge in [0.05, 0.1) is 4.90 Å². The fourth-order valence-electron chi connectivity index (χ4n) is 4.47. The molecule has 0 radical (unpaired) electrons. The second-order valence-corrected chi connectivity index (χ2v) is 11.6. The van der Waals surface area contributed by atoms with Gasteiger partial charge < -0.3 is 4.98 Å². The molecule has 1 aromatic heterocycles. The minimum Gasteiger partial charge on any atom is -0.358 e. The van der Waals surface area contributed by atoms with Crippen LogP contribution < -0.4 is 4.72 Å². The van der Waals surface area contributed by atoms with Gasteiger partial charge in [-0.2, -0.15) is 0 Å². The highest BCUT2D eigenvalue weighted by molar-refractivity contribution is 7.90. The molecule has 2 N–H and O–H groups in total. The predicted octanol–water partition coefficient (Wildman–Crippen LogP) is 7.32. The normalized spacial score (nSPS) is 11.8. The summed E-state index contributed by atoms with van der Waals surface area (Å²) in [6.45, 7) is 3.84. The predicted molar refractivity (Wildman–Crippen MR) is 158 cm³/mol. The first kappa shape index (κ1) is 26.5. The van der Waals surface area contributed by atoms with Crippen molar-refractivity contribution in [2.75, 3.05) is 0 Å².